The van der Waals surface area contributed by atoms with Gasteiger partial charge in [-0.1, -0.05) is 34.1 Å². The second-order valence-electron chi connectivity index (χ2n) is 4.08. The van der Waals surface area contributed by atoms with Crippen LogP contribution in [0.15, 0.2) is 59.2 Å². The van der Waals surface area contributed by atoms with Crippen molar-refractivity contribution in [2.75, 3.05) is 0 Å². The third kappa shape index (κ3) is 1.97. The van der Waals surface area contributed by atoms with Crippen molar-refractivity contribution in [2.45, 2.75) is 0 Å². The molecule has 0 aliphatic heterocycles. The molecule has 3 heteroatoms. The Labute approximate surface area is 113 Å². The Hall–Kier alpha value is -1.87. The molecule has 1 aromatic heterocycles. The summed E-state index contributed by atoms with van der Waals surface area (Å²) in [5.74, 6) is 0.272. The van der Waals surface area contributed by atoms with Gasteiger partial charge in [0.1, 0.15) is 5.75 Å². The molecular weight excluding hydrogens is 290 g/mol. The lowest BCUT2D eigenvalue weighted by Crippen LogP contribution is -1.83. The topological polar surface area (TPSA) is 33.1 Å². The number of hydrogen-bond acceptors (Lipinski definition) is 2. The highest BCUT2D eigenvalue weighted by Gasteiger charge is 2.05. The maximum atomic E-state index is 9.85. The molecule has 0 aliphatic rings. The van der Waals surface area contributed by atoms with E-state index >= 15 is 0 Å². The molecule has 0 spiro atoms. The van der Waals surface area contributed by atoms with Crippen LogP contribution in [0.3, 0.4) is 0 Å². The summed E-state index contributed by atoms with van der Waals surface area (Å²) in [5.41, 5.74) is 2.66. The van der Waals surface area contributed by atoms with Gasteiger partial charge >= 0.3 is 0 Å². The lowest BCUT2D eigenvalue weighted by molar-refractivity contribution is 0.477. The Kier molecular flexibility index (Phi) is 2.76. The summed E-state index contributed by atoms with van der Waals surface area (Å²) in [6.07, 6.45) is 1.78. The molecule has 1 N–H and O–H groups in total. The molecule has 18 heavy (non-hydrogen) atoms. The number of hydrogen-bond donors (Lipinski definition) is 1. The van der Waals surface area contributed by atoms with Gasteiger partial charge in [0, 0.05) is 27.2 Å². The summed E-state index contributed by atoms with van der Waals surface area (Å²) in [6.45, 7) is 0. The molecule has 0 saturated heterocycles. The zero-order chi connectivity index (χ0) is 12.5. The van der Waals surface area contributed by atoms with Gasteiger partial charge in [0.2, 0.25) is 0 Å². The van der Waals surface area contributed by atoms with Gasteiger partial charge in [-0.3, -0.25) is 4.98 Å². The number of para-hydroxylation sites is 1. The van der Waals surface area contributed by atoms with Crippen LogP contribution in [0, 0.1) is 0 Å². The normalized spacial score (nSPS) is 10.7. The number of fused-ring (bicyclic) bond motifs is 1. The van der Waals surface area contributed by atoms with Crippen molar-refractivity contribution >= 4 is 26.8 Å². The lowest BCUT2D eigenvalue weighted by Gasteiger charge is -2.05. The highest BCUT2D eigenvalue weighted by atomic mass is 79.9. The molecule has 0 amide bonds. The first kappa shape index (κ1) is 11.2. The van der Waals surface area contributed by atoms with E-state index in [-0.39, 0.29) is 5.75 Å². The largest absolute Gasteiger partial charge is 0.507 e. The molecule has 2 nitrogen and oxygen atoms in total. The third-order valence-electron chi connectivity index (χ3n) is 2.86. The van der Waals surface area contributed by atoms with E-state index in [0.29, 0.717) is 0 Å². The number of phenols is 1. The predicted molar refractivity (Wildman–Crippen MR) is 76.5 cm³/mol. The van der Waals surface area contributed by atoms with Crippen molar-refractivity contribution in [1.29, 1.82) is 0 Å². The minimum atomic E-state index is 0.272. The van der Waals surface area contributed by atoms with Gasteiger partial charge in [-0.25, -0.2) is 0 Å². The zero-order valence-corrected chi connectivity index (χ0v) is 11.1. The van der Waals surface area contributed by atoms with Crippen LogP contribution in [0.1, 0.15) is 0 Å². The molecule has 88 valence electrons. The van der Waals surface area contributed by atoms with E-state index in [9.17, 15) is 5.11 Å². The molecule has 0 atom stereocenters. The third-order valence-corrected chi connectivity index (χ3v) is 3.35. The number of aromatic hydroxyl groups is 1. The zero-order valence-electron chi connectivity index (χ0n) is 9.47. The van der Waals surface area contributed by atoms with E-state index in [2.05, 4.69) is 20.9 Å². The summed E-state index contributed by atoms with van der Waals surface area (Å²) in [7, 11) is 0. The van der Waals surface area contributed by atoms with Crippen LogP contribution in [0.4, 0.5) is 0 Å². The van der Waals surface area contributed by atoms with E-state index < -0.39 is 0 Å². The summed E-state index contributed by atoms with van der Waals surface area (Å²) in [5, 5.41) is 10.9. The van der Waals surface area contributed by atoms with Crippen molar-refractivity contribution in [3.63, 3.8) is 0 Å². The van der Waals surface area contributed by atoms with E-state index in [1.165, 1.54) is 0 Å². The quantitative estimate of drug-likeness (QED) is 0.724. The number of aromatic nitrogens is 1. The van der Waals surface area contributed by atoms with Crippen LogP contribution < -0.4 is 0 Å². The highest BCUT2D eigenvalue weighted by Crippen LogP contribution is 2.30. The molecule has 0 radical (unpaired) electrons. The first-order valence-electron chi connectivity index (χ1n) is 5.58. The fourth-order valence-electron chi connectivity index (χ4n) is 1.97. The number of pyridine rings is 1. The van der Waals surface area contributed by atoms with Crippen LogP contribution in [0.2, 0.25) is 0 Å². The number of benzene rings is 2. The average Bonchev–Trinajstić information content (AvgIpc) is 2.38. The fraction of sp³-hybridized carbons (Fsp3) is 0. The summed E-state index contributed by atoms with van der Waals surface area (Å²) in [6, 6.07) is 15.3. The second kappa shape index (κ2) is 4.42. The van der Waals surface area contributed by atoms with Crippen LogP contribution in [-0.2, 0) is 0 Å². The minimum absolute atomic E-state index is 0.272. The highest BCUT2D eigenvalue weighted by molar-refractivity contribution is 9.10. The van der Waals surface area contributed by atoms with E-state index in [1.54, 1.807) is 12.3 Å². The number of rotatable bonds is 1. The van der Waals surface area contributed by atoms with Gasteiger partial charge in [0.25, 0.3) is 0 Å². The lowest BCUT2D eigenvalue weighted by atomic mass is 10.0. The molecule has 0 fully saturated rings. The summed E-state index contributed by atoms with van der Waals surface area (Å²) in [4.78, 5) is 4.41. The first-order chi connectivity index (χ1) is 8.74. The van der Waals surface area contributed by atoms with Gasteiger partial charge in [0.15, 0.2) is 0 Å². The molecule has 0 bridgehead atoms. The van der Waals surface area contributed by atoms with Gasteiger partial charge in [-0.05, 0) is 30.3 Å². The first-order valence-corrected chi connectivity index (χ1v) is 6.37. The van der Waals surface area contributed by atoms with E-state index in [1.807, 2.05) is 42.5 Å². The van der Waals surface area contributed by atoms with Crippen molar-refractivity contribution in [2.24, 2.45) is 0 Å². The number of phenolic OH excluding ortho intramolecular Hbond substituents is 1. The molecule has 0 aliphatic carbocycles. The van der Waals surface area contributed by atoms with Gasteiger partial charge < -0.3 is 5.11 Å². The van der Waals surface area contributed by atoms with Crippen molar-refractivity contribution in [1.82, 2.24) is 4.98 Å². The molecule has 0 saturated carbocycles. The van der Waals surface area contributed by atoms with Crippen molar-refractivity contribution in [3.05, 3.63) is 59.2 Å². The van der Waals surface area contributed by atoms with Gasteiger partial charge in [0.05, 0.1) is 5.52 Å². The average molecular weight is 300 g/mol. The SMILES string of the molecule is Oc1ccccc1-c1cnc2ccc(Br)cc2c1. The molecule has 3 rings (SSSR count). The monoisotopic (exact) mass is 299 g/mol. The number of nitrogens with zero attached hydrogens (tertiary/aromatic N) is 1. The smallest absolute Gasteiger partial charge is 0.123 e. The Balaban J connectivity index is 2.22. The standard InChI is InChI=1S/C15H10BrNO/c16-12-5-6-14-10(8-12)7-11(9-17-14)13-3-1-2-4-15(13)18/h1-9,18H. The maximum Gasteiger partial charge on any atom is 0.123 e. The second-order valence-corrected chi connectivity index (χ2v) is 4.99. The van der Waals surface area contributed by atoms with E-state index in [0.717, 1.165) is 26.5 Å². The Morgan fingerprint density at radius 2 is 1.83 bits per heavy atom. The maximum absolute atomic E-state index is 9.85. The summed E-state index contributed by atoms with van der Waals surface area (Å²) >= 11 is 3.45. The Bertz CT molecular complexity index is 725. The van der Waals surface area contributed by atoms with Gasteiger partial charge in [-0.15, -0.1) is 0 Å². The molecule has 3 aromatic rings. The van der Waals surface area contributed by atoms with Gasteiger partial charge in [-0.2, -0.15) is 0 Å². The van der Waals surface area contributed by atoms with Crippen molar-refractivity contribution < 1.29 is 5.11 Å². The van der Waals surface area contributed by atoms with Crippen LogP contribution >= 0.6 is 15.9 Å². The molecule has 2 aromatic carbocycles. The van der Waals surface area contributed by atoms with Crippen molar-refractivity contribution in [3.8, 4) is 16.9 Å². The Morgan fingerprint density at radius 1 is 1.00 bits per heavy atom. The molecule has 1 heterocycles. The molecular formula is C15H10BrNO. The van der Waals surface area contributed by atoms with Crippen LogP contribution in [0.25, 0.3) is 22.0 Å². The van der Waals surface area contributed by atoms with Crippen LogP contribution in [-0.4, -0.2) is 10.1 Å². The van der Waals surface area contributed by atoms with E-state index in [4.69, 9.17) is 0 Å². The minimum Gasteiger partial charge on any atom is -0.507 e. The van der Waals surface area contributed by atoms with Crippen LogP contribution in [0.5, 0.6) is 5.75 Å². The molecule has 0 unspecified atom stereocenters. The predicted octanol–water partition coefficient (Wildman–Crippen LogP) is 4.37. The number of halogens is 1. The Morgan fingerprint density at radius 3 is 2.67 bits per heavy atom. The summed E-state index contributed by atoms with van der Waals surface area (Å²) < 4.78 is 1.02. The fourth-order valence-corrected chi connectivity index (χ4v) is 2.35.